The van der Waals surface area contributed by atoms with Crippen LogP contribution in [0.25, 0.3) is 11.2 Å². The third-order valence-corrected chi connectivity index (χ3v) is 5.52. The van der Waals surface area contributed by atoms with Crippen molar-refractivity contribution in [2.24, 2.45) is 5.92 Å². The second-order valence-corrected chi connectivity index (χ2v) is 7.30. The number of aromatic nitrogens is 4. The molecule has 6 nitrogen and oxygen atoms in total. The van der Waals surface area contributed by atoms with E-state index >= 15 is 0 Å². The molecule has 1 aliphatic rings. The average Bonchev–Trinajstić information content (AvgIpc) is 3.15. The first-order chi connectivity index (χ1) is 13.3. The fraction of sp³-hybridized carbons (Fsp3) is 0.389. The number of H-pyrrole nitrogens is 2. The summed E-state index contributed by atoms with van der Waals surface area (Å²) in [6.45, 7) is 0.604. The molecule has 10 heteroatoms. The number of hydrogen-bond donors (Lipinski definition) is 3. The van der Waals surface area contributed by atoms with Crippen LogP contribution in [0.5, 0.6) is 0 Å². The van der Waals surface area contributed by atoms with Gasteiger partial charge >= 0.3 is 6.18 Å². The van der Waals surface area contributed by atoms with E-state index in [1.165, 1.54) is 6.33 Å². The highest BCUT2D eigenvalue weighted by molar-refractivity contribution is 7.71. The molecule has 0 aliphatic carbocycles. The first-order valence-electron chi connectivity index (χ1n) is 8.88. The smallest absolute Gasteiger partial charge is 0.339 e. The van der Waals surface area contributed by atoms with Crippen molar-refractivity contribution >= 4 is 23.4 Å². The van der Waals surface area contributed by atoms with Gasteiger partial charge in [-0.1, -0.05) is 24.3 Å². The number of rotatable bonds is 3. The van der Waals surface area contributed by atoms with E-state index < -0.39 is 18.1 Å². The van der Waals surface area contributed by atoms with Gasteiger partial charge in [-0.15, -0.1) is 0 Å². The van der Waals surface area contributed by atoms with Crippen LogP contribution in [0, 0.1) is 10.7 Å². The molecule has 2 atom stereocenters. The monoisotopic (exact) mass is 409 g/mol. The summed E-state index contributed by atoms with van der Waals surface area (Å²) >= 11 is 5.29. The number of fused-ring (bicyclic) bond motifs is 1. The molecule has 4 rings (SSSR count). The fourth-order valence-corrected chi connectivity index (χ4v) is 4.01. The summed E-state index contributed by atoms with van der Waals surface area (Å²) in [5, 5.41) is 3.20. The maximum atomic E-state index is 13.2. The molecule has 2 aromatic heterocycles. The zero-order chi connectivity index (χ0) is 19.9. The van der Waals surface area contributed by atoms with Crippen LogP contribution in [0.2, 0.25) is 0 Å². The predicted molar refractivity (Wildman–Crippen MR) is 101 cm³/mol. The molecule has 1 saturated heterocycles. The predicted octanol–water partition coefficient (Wildman–Crippen LogP) is 3.43. The van der Waals surface area contributed by atoms with E-state index in [1.54, 1.807) is 4.57 Å². The summed E-state index contributed by atoms with van der Waals surface area (Å²) in [7, 11) is 0. The van der Waals surface area contributed by atoms with Crippen LogP contribution in [0.1, 0.15) is 30.0 Å². The summed E-state index contributed by atoms with van der Waals surface area (Å²) in [5.41, 5.74) is 1.99. The van der Waals surface area contributed by atoms with Crippen LogP contribution < -0.4 is 10.9 Å². The molecule has 3 N–H and O–H groups in total. The molecule has 148 valence electrons. The maximum absolute atomic E-state index is 13.2. The van der Waals surface area contributed by atoms with Gasteiger partial charge in [0.15, 0.2) is 10.4 Å². The van der Waals surface area contributed by atoms with Crippen LogP contribution in [-0.4, -0.2) is 32.2 Å². The normalized spacial score (nSPS) is 20.5. The second kappa shape index (κ2) is 7.17. The molecular formula is C18H18F3N5OS. The number of benzene rings is 1. The van der Waals surface area contributed by atoms with Crippen LogP contribution in [-0.2, 0) is 6.54 Å². The van der Waals surface area contributed by atoms with Gasteiger partial charge in [0.05, 0.1) is 18.8 Å². The number of aromatic amines is 2. The molecule has 3 aromatic rings. The summed E-state index contributed by atoms with van der Waals surface area (Å²) < 4.78 is 41.5. The van der Waals surface area contributed by atoms with Crippen molar-refractivity contribution < 1.29 is 13.2 Å². The number of nitrogens with zero attached hydrogens (tertiary/aromatic N) is 2. The van der Waals surface area contributed by atoms with Gasteiger partial charge in [0, 0.05) is 6.04 Å². The van der Waals surface area contributed by atoms with E-state index in [2.05, 4.69) is 20.3 Å². The quantitative estimate of drug-likeness (QED) is 0.579. The lowest BCUT2D eigenvalue weighted by atomic mass is 9.86. The van der Waals surface area contributed by atoms with Crippen molar-refractivity contribution in [3.63, 3.8) is 0 Å². The molecule has 0 spiro atoms. The highest BCUT2D eigenvalue weighted by Gasteiger charge is 2.42. The summed E-state index contributed by atoms with van der Waals surface area (Å²) in [6.07, 6.45) is -2.71. The van der Waals surface area contributed by atoms with Crippen molar-refractivity contribution in [2.75, 3.05) is 6.54 Å². The molecule has 1 fully saturated rings. The largest absolute Gasteiger partial charge is 0.391 e. The van der Waals surface area contributed by atoms with Crippen LogP contribution in [0.15, 0.2) is 35.4 Å². The summed E-state index contributed by atoms with van der Waals surface area (Å²) in [5.74, 6) is -1.32. The lowest BCUT2D eigenvalue weighted by Gasteiger charge is -2.33. The SMILES string of the molecule is O=c1[nH]c(=S)n(Cc2ccccc2[C@H]2C[C@@H](C(F)(F)F)CCN2)c2nc[nH]c12. The van der Waals surface area contributed by atoms with E-state index in [-0.39, 0.29) is 23.2 Å². The zero-order valence-corrected chi connectivity index (χ0v) is 15.5. The van der Waals surface area contributed by atoms with Crippen molar-refractivity contribution in [3.05, 3.63) is 56.8 Å². The van der Waals surface area contributed by atoms with Gasteiger partial charge in [0.25, 0.3) is 5.56 Å². The van der Waals surface area contributed by atoms with Crippen LogP contribution in [0.3, 0.4) is 0 Å². The van der Waals surface area contributed by atoms with Crippen molar-refractivity contribution in [1.29, 1.82) is 0 Å². The van der Waals surface area contributed by atoms with Gasteiger partial charge < -0.3 is 10.3 Å². The lowest BCUT2D eigenvalue weighted by molar-refractivity contribution is -0.183. The van der Waals surface area contributed by atoms with Crippen LogP contribution >= 0.6 is 12.2 Å². The molecular weight excluding hydrogens is 391 g/mol. The van der Waals surface area contributed by atoms with Gasteiger partial charge in [0.1, 0.15) is 5.52 Å². The van der Waals surface area contributed by atoms with E-state index in [1.807, 2.05) is 24.3 Å². The molecule has 3 heterocycles. The number of halogens is 3. The Bertz CT molecular complexity index is 1120. The third kappa shape index (κ3) is 3.49. The first kappa shape index (κ1) is 18.9. The Morgan fingerprint density at radius 1 is 1.29 bits per heavy atom. The first-order valence-corrected chi connectivity index (χ1v) is 9.29. The Labute approximate surface area is 162 Å². The average molecular weight is 409 g/mol. The highest BCUT2D eigenvalue weighted by Crippen LogP contribution is 2.39. The van der Waals surface area contributed by atoms with Crippen molar-refractivity contribution in [2.45, 2.75) is 31.6 Å². The number of piperidine rings is 1. The molecule has 1 aliphatic heterocycles. The van der Waals surface area contributed by atoms with E-state index in [9.17, 15) is 18.0 Å². The topological polar surface area (TPSA) is 78.5 Å². The lowest BCUT2D eigenvalue weighted by Crippen LogP contribution is -2.38. The van der Waals surface area contributed by atoms with Gasteiger partial charge in [-0.25, -0.2) is 4.98 Å². The van der Waals surface area contributed by atoms with Gasteiger partial charge in [-0.05, 0) is 42.7 Å². The third-order valence-electron chi connectivity index (χ3n) is 5.19. The second-order valence-electron chi connectivity index (χ2n) is 6.92. The fourth-order valence-electron chi connectivity index (χ4n) is 3.77. The highest BCUT2D eigenvalue weighted by atomic mass is 32.1. The Morgan fingerprint density at radius 2 is 2.07 bits per heavy atom. The molecule has 0 unspecified atom stereocenters. The molecule has 1 aromatic carbocycles. The Kier molecular flexibility index (Phi) is 4.84. The number of nitrogens with one attached hydrogen (secondary N) is 3. The molecule has 28 heavy (non-hydrogen) atoms. The minimum atomic E-state index is -4.20. The summed E-state index contributed by atoms with van der Waals surface area (Å²) in [6, 6.07) is 6.94. The maximum Gasteiger partial charge on any atom is 0.391 e. The molecule has 0 saturated carbocycles. The van der Waals surface area contributed by atoms with Gasteiger partial charge in [-0.3, -0.25) is 14.3 Å². The van der Waals surface area contributed by atoms with E-state index in [0.29, 0.717) is 24.3 Å². The van der Waals surface area contributed by atoms with Crippen molar-refractivity contribution in [3.8, 4) is 0 Å². The number of alkyl halides is 3. The summed E-state index contributed by atoms with van der Waals surface area (Å²) in [4.78, 5) is 21.5. The Hall–Kier alpha value is -2.46. The Morgan fingerprint density at radius 3 is 2.86 bits per heavy atom. The zero-order valence-electron chi connectivity index (χ0n) is 14.7. The van der Waals surface area contributed by atoms with Crippen LogP contribution in [0.4, 0.5) is 13.2 Å². The molecule has 0 bridgehead atoms. The number of hydrogen-bond acceptors (Lipinski definition) is 4. The molecule has 0 radical (unpaired) electrons. The number of imidazole rings is 1. The van der Waals surface area contributed by atoms with E-state index in [4.69, 9.17) is 12.2 Å². The minimum Gasteiger partial charge on any atom is -0.339 e. The standard InChI is InChI=1S/C18H18F3N5OS/c19-18(20,21)11-5-6-22-13(7-11)12-4-2-1-3-10(12)8-26-15-14(23-9-24-15)16(27)25-17(26)28/h1-4,9,11,13,22H,5-8H2,(H,23,24)(H,25,27,28)/t11-,13+/m0/s1. The van der Waals surface area contributed by atoms with E-state index in [0.717, 1.165) is 11.1 Å². The molecule has 0 amide bonds. The van der Waals surface area contributed by atoms with Crippen molar-refractivity contribution in [1.82, 2.24) is 24.8 Å². The van der Waals surface area contributed by atoms with Gasteiger partial charge in [-0.2, -0.15) is 13.2 Å². The minimum absolute atomic E-state index is 0.00461. The Balaban J connectivity index is 1.71. The van der Waals surface area contributed by atoms with Gasteiger partial charge in [0.2, 0.25) is 0 Å².